The van der Waals surface area contributed by atoms with Crippen LogP contribution in [0.2, 0.25) is 0 Å². The lowest BCUT2D eigenvalue weighted by atomic mass is 10.0. The second kappa shape index (κ2) is 7.01. The summed E-state index contributed by atoms with van der Waals surface area (Å²) in [6, 6.07) is 6.72. The van der Waals surface area contributed by atoms with Crippen molar-refractivity contribution in [3.8, 4) is 0 Å². The quantitative estimate of drug-likeness (QED) is 0.695. The molecule has 6 nitrogen and oxygen atoms in total. The summed E-state index contributed by atoms with van der Waals surface area (Å²) in [5.41, 5.74) is 1.78. The molecule has 0 saturated carbocycles. The Kier molecular flexibility index (Phi) is 5.13. The number of nitrogens with one attached hydrogen (secondary N) is 1. The number of halogens is 1. The number of ether oxygens (including phenoxy) is 1. The Bertz CT molecular complexity index is 773. The van der Waals surface area contributed by atoms with Crippen molar-refractivity contribution < 1.29 is 9.53 Å². The molecular formula is C18H25IN4O2. The van der Waals surface area contributed by atoms with E-state index in [-0.39, 0.29) is 6.09 Å². The number of nitrogens with zero attached hydrogens (tertiary/aromatic N) is 3. The standard InChI is InChI=1S/C18H25IN4O2/c1-18(2,3)25-17(24)23-9-7-12(8-10-23)20-13-5-6-14-15(11-13)22(4)21-16(14)19/h5-6,11-12,20H,7-10H2,1-4H3. The van der Waals surface area contributed by atoms with Crippen molar-refractivity contribution >= 4 is 45.3 Å². The minimum Gasteiger partial charge on any atom is -0.444 e. The maximum absolute atomic E-state index is 12.1. The predicted molar refractivity (Wildman–Crippen MR) is 108 cm³/mol. The van der Waals surface area contributed by atoms with E-state index in [1.54, 1.807) is 4.90 Å². The van der Waals surface area contributed by atoms with E-state index in [1.807, 2.05) is 32.5 Å². The van der Waals surface area contributed by atoms with Gasteiger partial charge in [0.1, 0.15) is 9.30 Å². The van der Waals surface area contributed by atoms with Crippen molar-refractivity contribution in [2.24, 2.45) is 7.05 Å². The molecule has 1 N–H and O–H groups in total. The molecule has 0 radical (unpaired) electrons. The monoisotopic (exact) mass is 456 g/mol. The van der Waals surface area contributed by atoms with Crippen LogP contribution in [0.15, 0.2) is 18.2 Å². The van der Waals surface area contributed by atoms with Crippen molar-refractivity contribution in [1.82, 2.24) is 14.7 Å². The van der Waals surface area contributed by atoms with Gasteiger partial charge in [0.15, 0.2) is 0 Å². The van der Waals surface area contributed by atoms with Gasteiger partial charge in [-0.1, -0.05) is 0 Å². The molecule has 2 aromatic rings. The Morgan fingerprint density at radius 1 is 1.32 bits per heavy atom. The molecule has 1 saturated heterocycles. The molecule has 1 amide bonds. The number of rotatable bonds is 2. The highest BCUT2D eigenvalue weighted by Gasteiger charge is 2.26. The Hall–Kier alpha value is -1.51. The van der Waals surface area contributed by atoms with Gasteiger partial charge in [0.25, 0.3) is 0 Å². The van der Waals surface area contributed by atoms with Gasteiger partial charge >= 0.3 is 6.09 Å². The average molecular weight is 456 g/mol. The zero-order chi connectivity index (χ0) is 18.2. The summed E-state index contributed by atoms with van der Waals surface area (Å²) in [6.07, 6.45) is 1.62. The molecule has 0 spiro atoms. The summed E-state index contributed by atoms with van der Waals surface area (Å²) in [4.78, 5) is 13.9. The van der Waals surface area contributed by atoms with E-state index < -0.39 is 5.60 Å². The van der Waals surface area contributed by atoms with Crippen LogP contribution in [0.4, 0.5) is 10.5 Å². The molecule has 1 fully saturated rings. The van der Waals surface area contributed by atoms with E-state index in [9.17, 15) is 4.79 Å². The fraction of sp³-hybridized carbons (Fsp3) is 0.556. The van der Waals surface area contributed by atoms with Gasteiger partial charge in [0.05, 0.1) is 5.52 Å². The van der Waals surface area contributed by atoms with Crippen LogP contribution in [0.1, 0.15) is 33.6 Å². The Morgan fingerprint density at radius 2 is 2.00 bits per heavy atom. The third kappa shape index (κ3) is 4.37. The molecule has 2 heterocycles. The molecule has 25 heavy (non-hydrogen) atoms. The first-order chi connectivity index (χ1) is 11.7. The highest BCUT2D eigenvalue weighted by atomic mass is 127. The highest BCUT2D eigenvalue weighted by Crippen LogP contribution is 2.25. The molecule has 1 aliphatic rings. The van der Waals surface area contributed by atoms with E-state index in [1.165, 1.54) is 5.39 Å². The Labute approximate surface area is 162 Å². The highest BCUT2D eigenvalue weighted by molar-refractivity contribution is 14.1. The number of fused-ring (bicyclic) bond motifs is 1. The molecule has 7 heteroatoms. The number of likely N-dealkylation sites (tertiary alicyclic amines) is 1. The van der Waals surface area contributed by atoms with E-state index in [2.05, 4.69) is 51.2 Å². The van der Waals surface area contributed by atoms with Gasteiger partial charge < -0.3 is 15.0 Å². The molecular weight excluding hydrogens is 431 g/mol. The molecule has 0 unspecified atom stereocenters. The van der Waals surface area contributed by atoms with Crippen molar-refractivity contribution in [1.29, 1.82) is 0 Å². The zero-order valence-electron chi connectivity index (χ0n) is 15.2. The molecule has 0 aliphatic carbocycles. The zero-order valence-corrected chi connectivity index (χ0v) is 17.3. The second-order valence-electron chi connectivity index (χ2n) is 7.53. The fourth-order valence-corrected chi connectivity index (χ4v) is 3.85. The molecule has 3 rings (SSSR count). The third-order valence-corrected chi connectivity index (χ3v) is 5.12. The topological polar surface area (TPSA) is 59.4 Å². The fourth-order valence-electron chi connectivity index (χ4n) is 3.07. The summed E-state index contributed by atoms with van der Waals surface area (Å²) in [6.45, 7) is 7.13. The van der Waals surface area contributed by atoms with Gasteiger partial charge in [-0.25, -0.2) is 4.79 Å². The summed E-state index contributed by atoms with van der Waals surface area (Å²) >= 11 is 2.26. The first kappa shape index (κ1) is 18.3. The van der Waals surface area contributed by atoms with Crippen LogP contribution in [-0.4, -0.2) is 45.5 Å². The van der Waals surface area contributed by atoms with Crippen LogP contribution in [-0.2, 0) is 11.8 Å². The van der Waals surface area contributed by atoms with Crippen molar-refractivity contribution in [2.75, 3.05) is 18.4 Å². The molecule has 1 aromatic carbocycles. The molecule has 1 aromatic heterocycles. The van der Waals surface area contributed by atoms with Gasteiger partial charge in [-0.15, -0.1) is 0 Å². The molecule has 0 bridgehead atoms. The normalized spacial score (nSPS) is 16.3. The maximum atomic E-state index is 12.1. The van der Waals surface area contributed by atoms with Gasteiger partial charge in [-0.2, -0.15) is 5.10 Å². The summed E-state index contributed by atoms with van der Waals surface area (Å²) in [5, 5.41) is 9.22. The first-order valence-corrected chi connectivity index (χ1v) is 9.67. The van der Waals surface area contributed by atoms with Gasteiger partial charge in [-0.05, 0) is 74.4 Å². The summed E-state index contributed by atoms with van der Waals surface area (Å²) < 4.78 is 8.38. The lowest BCUT2D eigenvalue weighted by molar-refractivity contribution is 0.0210. The van der Waals surface area contributed by atoms with Crippen LogP contribution in [0, 0.1) is 3.70 Å². The van der Waals surface area contributed by atoms with E-state index in [4.69, 9.17) is 4.74 Å². The molecule has 0 atom stereocenters. The van der Waals surface area contributed by atoms with Crippen LogP contribution < -0.4 is 5.32 Å². The largest absolute Gasteiger partial charge is 0.444 e. The number of carbonyl (C=O) groups excluding carboxylic acids is 1. The van der Waals surface area contributed by atoms with Gasteiger partial charge in [0, 0.05) is 37.3 Å². The van der Waals surface area contributed by atoms with Crippen LogP contribution in [0.25, 0.3) is 10.9 Å². The average Bonchev–Trinajstić information content (AvgIpc) is 2.81. The van der Waals surface area contributed by atoms with E-state index in [0.29, 0.717) is 6.04 Å². The number of hydrogen-bond acceptors (Lipinski definition) is 4. The Morgan fingerprint density at radius 3 is 2.64 bits per heavy atom. The molecule has 1 aliphatic heterocycles. The maximum Gasteiger partial charge on any atom is 0.410 e. The second-order valence-corrected chi connectivity index (χ2v) is 8.55. The van der Waals surface area contributed by atoms with E-state index >= 15 is 0 Å². The van der Waals surface area contributed by atoms with Crippen LogP contribution >= 0.6 is 22.6 Å². The van der Waals surface area contributed by atoms with Gasteiger partial charge in [0.2, 0.25) is 0 Å². The summed E-state index contributed by atoms with van der Waals surface area (Å²) in [5.74, 6) is 0. The number of aryl methyl sites for hydroxylation is 1. The number of aromatic nitrogens is 2. The SMILES string of the molecule is Cn1nc(I)c2ccc(NC3CCN(C(=O)OC(C)(C)C)CC3)cc21. The minimum atomic E-state index is -0.442. The Balaban J connectivity index is 1.59. The number of benzene rings is 1. The van der Waals surface area contributed by atoms with Crippen molar-refractivity contribution in [3.05, 3.63) is 21.9 Å². The number of amides is 1. The number of anilines is 1. The minimum absolute atomic E-state index is 0.211. The van der Waals surface area contributed by atoms with Crippen molar-refractivity contribution in [2.45, 2.75) is 45.3 Å². The number of carbonyl (C=O) groups is 1. The smallest absolute Gasteiger partial charge is 0.410 e. The van der Waals surface area contributed by atoms with Gasteiger partial charge in [-0.3, -0.25) is 4.68 Å². The lowest BCUT2D eigenvalue weighted by Gasteiger charge is -2.34. The number of hydrogen-bond donors (Lipinski definition) is 1. The predicted octanol–water partition coefficient (Wildman–Crippen LogP) is 3.99. The first-order valence-electron chi connectivity index (χ1n) is 8.60. The third-order valence-electron chi connectivity index (χ3n) is 4.32. The van der Waals surface area contributed by atoms with Crippen LogP contribution in [0.3, 0.4) is 0 Å². The van der Waals surface area contributed by atoms with Crippen molar-refractivity contribution in [3.63, 3.8) is 0 Å². The van der Waals surface area contributed by atoms with Crippen LogP contribution in [0.5, 0.6) is 0 Å². The number of piperidine rings is 1. The molecule has 136 valence electrons. The van der Waals surface area contributed by atoms with E-state index in [0.717, 1.165) is 40.8 Å². The lowest BCUT2D eigenvalue weighted by Crippen LogP contribution is -2.44. The summed E-state index contributed by atoms with van der Waals surface area (Å²) in [7, 11) is 1.97.